The van der Waals surface area contributed by atoms with Gasteiger partial charge in [0.1, 0.15) is 0 Å². The van der Waals surface area contributed by atoms with Crippen LogP contribution in [0.25, 0.3) is 6.08 Å². The van der Waals surface area contributed by atoms with Crippen LogP contribution in [0.15, 0.2) is 24.8 Å². The lowest BCUT2D eigenvalue weighted by molar-refractivity contribution is -0.115. The van der Waals surface area contributed by atoms with Gasteiger partial charge in [-0.25, -0.2) is 0 Å². The van der Waals surface area contributed by atoms with Crippen molar-refractivity contribution < 1.29 is 4.79 Å². The predicted octanol–water partition coefficient (Wildman–Crippen LogP) is 2.99. The summed E-state index contributed by atoms with van der Waals surface area (Å²) in [5.74, 6) is 0.0266. The third-order valence-corrected chi connectivity index (χ3v) is 2.12. The summed E-state index contributed by atoms with van der Waals surface area (Å²) in [6.45, 7) is 7.56. The zero-order chi connectivity index (χ0) is 10.6. The number of amides is 1. The van der Waals surface area contributed by atoms with E-state index in [9.17, 15) is 4.79 Å². The second-order valence-corrected chi connectivity index (χ2v) is 3.14. The monoisotopic (exact) mass is 189 g/mol. The third kappa shape index (κ3) is 2.22. The van der Waals surface area contributed by atoms with Gasteiger partial charge in [0.15, 0.2) is 0 Å². The van der Waals surface area contributed by atoms with Gasteiger partial charge in [-0.05, 0) is 18.6 Å². The molecule has 0 aromatic heterocycles. The molecule has 1 aromatic carbocycles. The molecule has 0 aliphatic carbocycles. The summed E-state index contributed by atoms with van der Waals surface area (Å²) in [6.07, 6.45) is 2.26. The van der Waals surface area contributed by atoms with Crippen molar-refractivity contribution in [2.45, 2.75) is 20.3 Å². The summed E-state index contributed by atoms with van der Waals surface area (Å²) in [5.41, 5.74) is 2.95. The van der Waals surface area contributed by atoms with Crippen LogP contribution >= 0.6 is 0 Å². The fourth-order valence-electron chi connectivity index (χ4n) is 1.30. The average Bonchev–Trinajstić information content (AvgIpc) is 2.18. The Hall–Kier alpha value is -1.57. The van der Waals surface area contributed by atoms with Gasteiger partial charge in [-0.1, -0.05) is 31.7 Å². The zero-order valence-corrected chi connectivity index (χ0v) is 8.63. The van der Waals surface area contributed by atoms with E-state index in [0.717, 1.165) is 16.8 Å². The van der Waals surface area contributed by atoms with Crippen molar-refractivity contribution in [2.24, 2.45) is 0 Å². The highest BCUT2D eigenvalue weighted by atomic mass is 16.1. The quantitative estimate of drug-likeness (QED) is 0.778. The van der Waals surface area contributed by atoms with Gasteiger partial charge in [0.2, 0.25) is 5.91 Å². The summed E-state index contributed by atoms with van der Waals surface area (Å²) < 4.78 is 0. The van der Waals surface area contributed by atoms with Gasteiger partial charge in [-0.3, -0.25) is 4.79 Å². The molecule has 0 aliphatic rings. The van der Waals surface area contributed by atoms with E-state index in [0.29, 0.717) is 6.42 Å². The Morgan fingerprint density at radius 1 is 1.57 bits per heavy atom. The Balaban J connectivity index is 3.02. The molecule has 2 nitrogen and oxygen atoms in total. The Bertz CT molecular complexity index is 355. The predicted molar refractivity (Wildman–Crippen MR) is 60.2 cm³/mol. The molecule has 0 fully saturated rings. The lowest BCUT2D eigenvalue weighted by Crippen LogP contribution is -2.10. The van der Waals surface area contributed by atoms with Gasteiger partial charge in [0.25, 0.3) is 0 Å². The highest BCUT2D eigenvalue weighted by Gasteiger charge is 2.04. The molecule has 0 atom stereocenters. The molecule has 1 amide bonds. The van der Waals surface area contributed by atoms with Gasteiger partial charge in [0, 0.05) is 17.7 Å². The van der Waals surface area contributed by atoms with E-state index in [-0.39, 0.29) is 5.91 Å². The molecular formula is C12H15NO. The normalized spacial score (nSPS) is 9.57. The van der Waals surface area contributed by atoms with E-state index in [1.54, 1.807) is 6.08 Å². The molecule has 0 heterocycles. The second kappa shape index (κ2) is 4.61. The maximum Gasteiger partial charge on any atom is 0.224 e. The SMILES string of the molecule is C=Cc1c(C)cccc1NC(=O)CC. The van der Waals surface area contributed by atoms with Crippen molar-refractivity contribution in [3.05, 3.63) is 35.9 Å². The van der Waals surface area contributed by atoms with Crippen molar-refractivity contribution in [1.29, 1.82) is 0 Å². The van der Waals surface area contributed by atoms with Gasteiger partial charge in [-0.15, -0.1) is 0 Å². The highest BCUT2D eigenvalue weighted by molar-refractivity contribution is 5.93. The summed E-state index contributed by atoms with van der Waals surface area (Å²) >= 11 is 0. The minimum absolute atomic E-state index is 0.0266. The number of carbonyl (C=O) groups is 1. The lowest BCUT2D eigenvalue weighted by atomic mass is 10.1. The number of nitrogens with one attached hydrogen (secondary N) is 1. The van der Waals surface area contributed by atoms with Crippen LogP contribution in [0.2, 0.25) is 0 Å². The van der Waals surface area contributed by atoms with Gasteiger partial charge in [-0.2, -0.15) is 0 Å². The summed E-state index contributed by atoms with van der Waals surface area (Å²) in [6, 6.07) is 5.81. The van der Waals surface area contributed by atoms with Crippen LogP contribution in [-0.4, -0.2) is 5.91 Å². The molecule has 0 saturated carbocycles. The summed E-state index contributed by atoms with van der Waals surface area (Å²) in [5, 5.41) is 2.84. The number of hydrogen-bond donors (Lipinski definition) is 1. The van der Waals surface area contributed by atoms with Crippen LogP contribution in [0.1, 0.15) is 24.5 Å². The Labute approximate surface area is 84.6 Å². The van der Waals surface area contributed by atoms with Crippen molar-refractivity contribution in [2.75, 3.05) is 5.32 Å². The Morgan fingerprint density at radius 3 is 2.86 bits per heavy atom. The molecular weight excluding hydrogens is 174 g/mol. The van der Waals surface area contributed by atoms with Gasteiger partial charge in [0.05, 0.1) is 0 Å². The molecule has 0 bridgehead atoms. The standard InChI is InChI=1S/C12H15NO/c1-4-10-9(3)7-6-8-11(10)13-12(14)5-2/h4,6-8H,1,5H2,2-3H3,(H,13,14). The Morgan fingerprint density at radius 2 is 2.29 bits per heavy atom. The van der Waals surface area contributed by atoms with Crippen LogP contribution < -0.4 is 5.32 Å². The van der Waals surface area contributed by atoms with E-state index < -0.39 is 0 Å². The molecule has 2 heteroatoms. The molecule has 0 unspecified atom stereocenters. The topological polar surface area (TPSA) is 29.1 Å². The fraction of sp³-hybridized carbons (Fsp3) is 0.250. The molecule has 0 radical (unpaired) electrons. The number of aryl methyl sites for hydroxylation is 1. The summed E-state index contributed by atoms with van der Waals surface area (Å²) in [4.78, 5) is 11.2. The first kappa shape index (κ1) is 10.5. The van der Waals surface area contributed by atoms with Crippen molar-refractivity contribution in [1.82, 2.24) is 0 Å². The molecule has 1 aromatic rings. The molecule has 14 heavy (non-hydrogen) atoms. The van der Waals surface area contributed by atoms with E-state index in [2.05, 4.69) is 11.9 Å². The van der Waals surface area contributed by atoms with Crippen molar-refractivity contribution >= 4 is 17.7 Å². The molecule has 1 rings (SSSR count). The maximum absolute atomic E-state index is 11.2. The average molecular weight is 189 g/mol. The van der Waals surface area contributed by atoms with Crippen molar-refractivity contribution in [3.8, 4) is 0 Å². The van der Waals surface area contributed by atoms with E-state index >= 15 is 0 Å². The van der Waals surface area contributed by atoms with Crippen LogP contribution in [0.4, 0.5) is 5.69 Å². The van der Waals surface area contributed by atoms with Crippen LogP contribution in [0, 0.1) is 6.92 Å². The minimum atomic E-state index is 0.0266. The smallest absolute Gasteiger partial charge is 0.224 e. The van der Waals surface area contributed by atoms with Crippen molar-refractivity contribution in [3.63, 3.8) is 0 Å². The number of anilines is 1. The van der Waals surface area contributed by atoms with E-state index in [4.69, 9.17) is 0 Å². The molecule has 0 aliphatic heterocycles. The van der Waals surface area contributed by atoms with Crippen LogP contribution in [-0.2, 0) is 4.79 Å². The first-order valence-corrected chi connectivity index (χ1v) is 4.71. The number of benzene rings is 1. The van der Waals surface area contributed by atoms with E-state index in [1.807, 2.05) is 32.0 Å². The van der Waals surface area contributed by atoms with Gasteiger partial charge >= 0.3 is 0 Å². The fourth-order valence-corrected chi connectivity index (χ4v) is 1.30. The molecule has 0 spiro atoms. The summed E-state index contributed by atoms with van der Waals surface area (Å²) in [7, 11) is 0. The minimum Gasteiger partial charge on any atom is -0.326 e. The molecule has 1 N–H and O–H groups in total. The second-order valence-electron chi connectivity index (χ2n) is 3.14. The number of rotatable bonds is 3. The Kier molecular flexibility index (Phi) is 3.46. The first-order chi connectivity index (χ1) is 6.69. The first-order valence-electron chi connectivity index (χ1n) is 4.71. The van der Waals surface area contributed by atoms with Gasteiger partial charge < -0.3 is 5.32 Å². The van der Waals surface area contributed by atoms with Crippen LogP contribution in [0.3, 0.4) is 0 Å². The number of hydrogen-bond acceptors (Lipinski definition) is 1. The maximum atomic E-state index is 11.2. The lowest BCUT2D eigenvalue weighted by Gasteiger charge is -2.09. The number of carbonyl (C=O) groups excluding carboxylic acids is 1. The third-order valence-electron chi connectivity index (χ3n) is 2.12. The molecule has 74 valence electrons. The van der Waals surface area contributed by atoms with Crippen LogP contribution in [0.5, 0.6) is 0 Å². The van der Waals surface area contributed by atoms with E-state index in [1.165, 1.54) is 0 Å². The molecule has 0 saturated heterocycles. The largest absolute Gasteiger partial charge is 0.326 e. The zero-order valence-electron chi connectivity index (χ0n) is 8.63. The highest BCUT2D eigenvalue weighted by Crippen LogP contribution is 2.20.